The summed E-state index contributed by atoms with van der Waals surface area (Å²) >= 11 is 0. The molecule has 0 saturated carbocycles. The quantitative estimate of drug-likeness (QED) is 0.846. The zero-order valence-corrected chi connectivity index (χ0v) is 9.72. The summed E-state index contributed by atoms with van der Waals surface area (Å²) in [4.78, 5) is 0. The molecule has 2 N–H and O–H groups in total. The number of aliphatic hydroxyl groups is 2. The van der Waals surface area contributed by atoms with Gasteiger partial charge in [0.05, 0.1) is 12.7 Å². The zero-order chi connectivity index (χ0) is 12.3. The van der Waals surface area contributed by atoms with Crippen LogP contribution in [-0.2, 0) is 6.61 Å². The summed E-state index contributed by atoms with van der Waals surface area (Å²) in [5.41, 5.74) is 3.41. The van der Waals surface area contributed by atoms with E-state index in [0.29, 0.717) is 0 Å². The van der Waals surface area contributed by atoms with Gasteiger partial charge in [0.15, 0.2) is 0 Å². The molecule has 2 aromatic carbocycles. The molecule has 1 atom stereocenters. The largest absolute Gasteiger partial charge is 0.392 e. The second kappa shape index (κ2) is 5.13. The molecule has 87 valence electrons. The summed E-state index contributed by atoms with van der Waals surface area (Å²) in [6, 6.07) is 16.3. The van der Waals surface area contributed by atoms with E-state index in [9.17, 15) is 10.2 Å². The molecule has 1 radical (unpaired) electrons. The fourth-order valence-corrected chi connectivity index (χ4v) is 1.98. The van der Waals surface area contributed by atoms with Crippen LogP contribution in [0.5, 0.6) is 0 Å². The average Bonchev–Trinajstić information content (AvgIpc) is 2.38. The van der Waals surface area contributed by atoms with Crippen LogP contribution >= 0.6 is 0 Å². The molecule has 0 amide bonds. The summed E-state index contributed by atoms with van der Waals surface area (Å²) in [6.07, 6.45) is -0.565. The third-order valence-corrected chi connectivity index (χ3v) is 2.78. The lowest BCUT2D eigenvalue weighted by atomic mass is 9.92. The first-order valence-corrected chi connectivity index (χ1v) is 5.62. The Morgan fingerprint density at radius 1 is 1.18 bits per heavy atom. The van der Waals surface area contributed by atoms with Crippen molar-refractivity contribution < 1.29 is 10.2 Å². The van der Waals surface area contributed by atoms with E-state index in [1.54, 1.807) is 13.0 Å². The van der Waals surface area contributed by atoms with Crippen LogP contribution in [0.25, 0.3) is 11.1 Å². The van der Waals surface area contributed by atoms with E-state index in [2.05, 4.69) is 6.07 Å². The Morgan fingerprint density at radius 2 is 1.88 bits per heavy atom. The lowest BCUT2D eigenvalue weighted by molar-refractivity contribution is 0.199. The maximum atomic E-state index is 9.79. The number of aliphatic hydroxyl groups excluding tert-OH is 2. The topological polar surface area (TPSA) is 40.5 Å². The van der Waals surface area contributed by atoms with Crippen molar-refractivity contribution in [2.24, 2.45) is 0 Å². The molecule has 0 spiro atoms. The SMILES string of the molecule is CC(O)c1cc[c]c(CO)c1-c1ccccc1. The molecule has 0 aliphatic rings. The van der Waals surface area contributed by atoms with Crippen LogP contribution < -0.4 is 0 Å². The Balaban J connectivity index is 2.65. The minimum atomic E-state index is -0.565. The summed E-state index contributed by atoms with van der Waals surface area (Å²) < 4.78 is 0. The van der Waals surface area contributed by atoms with Crippen LogP contribution in [0.15, 0.2) is 42.5 Å². The molecule has 0 aliphatic heterocycles. The van der Waals surface area contributed by atoms with Crippen LogP contribution in [0.1, 0.15) is 24.2 Å². The smallest absolute Gasteiger partial charge is 0.0768 e. The van der Waals surface area contributed by atoms with Crippen molar-refractivity contribution in [3.63, 3.8) is 0 Å². The molecule has 2 rings (SSSR count). The van der Waals surface area contributed by atoms with E-state index in [1.165, 1.54) is 0 Å². The second-order valence-corrected chi connectivity index (χ2v) is 3.99. The van der Waals surface area contributed by atoms with Gasteiger partial charge in [-0.3, -0.25) is 0 Å². The number of rotatable bonds is 3. The van der Waals surface area contributed by atoms with Gasteiger partial charge in [-0.15, -0.1) is 0 Å². The lowest BCUT2D eigenvalue weighted by Crippen LogP contribution is -1.99. The second-order valence-electron chi connectivity index (χ2n) is 3.99. The monoisotopic (exact) mass is 227 g/mol. The molecule has 0 saturated heterocycles. The Bertz CT molecular complexity index is 490. The van der Waals surface area contributed by atoms with Crippen LogP contribution in [0.4, 0.5) is 0 Å². The average molecular weight is 227 g/mol. The van der Waals surface area contributed by atoms with Gasteiger partial charge in [0.25, 0.3) is 0 Å². The molecule has 0 aliphatic carbocycles. The molecule has 0 aromatic heterocycles. The van der Waals surface area contributed by atoms with Gasteiger partial charge in [-0.25, -0.2) is 0 Å². The maximum absolute atomic E-state index is 9.79. The summed E-state index contributed by atoms with van der Waals surface area (Å²) in [5, 5.41) is 19.2. The van der Waals surface area contributed by atoms with Crippen molar-refractivity contribution in [2.75, 3.05) is 0 Å². The molecular formula is C15H15O2. The Labute approximate surface area is 101 Å². The molecule has 0 bridgehead atoms. The van der Waals surface area contributed by atoms with Gasteiger partial charge in [-0.2, -0.15) is 0 Å². The predicted octanol–water partition coefficient (Wildman–Crippen LogP) is 2.70. The van der Waals surface area contributed by atoms with Crippen molar-refractivity contribution in [2.45, 2.75) is 19.6 Å². The van der Waals surface area contributed by atoms with Crippen molar-refractivity contribution in [1.82, 2.24) is 0 Å². The standard InChI is InChI=1S/C15H15O2/c1-11(17)14-9-5-8-13(10-16)15(14)12-6-3-2-4-7-12/h2-7,9,11,16-17H,10H2,1H3. The Hall–Kier alpha value is -1.64. The van der Waals surface area contributed by atoms with E-state index in [4.69, 9.17) is 0 Å². The van der Waals surface area contributed by atoms with Crippen LogP contribution in [0, 0.1) is 6.07 Å². The molecule has 2 heteroatoms. The van der Waals surface area contributed by atoms with Crippen LogP contribution in [0.3, 0.4) is 0 Å². The Kier molecular flexibility index (Phi) is 3.57. The molecule has 2 aromatic rings. The van der Waals surface area contributed by atoms with Crippen molar-refractivity contribution in [3.05, 3.63) is 59.7 Å². The first-order chi connectivity index (χ1) is 8.24. The van der Waals surface area contributed by atoms with Gasteiger partial charge >= 0.3 is 0 Å². The third kappa shape index (κ3) is 2.38. The molecule has 0 heterocycles. The molecule has 17 heavy (non-hydrogen) atoms. The minimum absolute atomic E-state index is 0.0786. The first-order valence-electron chi connectivity index (χ1n) is 5.62. The predicted molar refractivity (Wildman–Crippen MR) is 67.3 cm³/mol. The highest BCUT2D eigenvalue weighted by Gasteiger charge is 2.13. The van der Waals surface area contributed by atoms with Gasteiger partial charge in [0, 0.05) is 0 Å². The van der Waals surface area contributed by atoms with Crippen LogP contribution in [0.2, 0.25) is 0 Å². The fourth-order valence-electron chi connectivity index (χ4n) is 1.98. The number of benzene rings is 2. The highest BCUT2D eigenvalue weighted by Crippen LogP contribution is 2.31. The maximum Gasteiger partial charge on any atom is 0.0768 e. The molecule has 0 fully saturated rings. The normalized spacial score (nSPS) is 12.4. The molecule has 1 unspecified atom stereocenters. The first kappa shape index (κ1) is 11.8. The van der Waals surface area contributed by atoms with Gasteiger partial charge in [-0.05, 0) is 35.2 Å². The van der Waals surface area contributed by atoms with E-state index in [1.807, 2.05) is 36.4 Å². The molecule has 2 nitrogen and oxygen atoms in total. The summed E-state index contributed by atoms with van der Waals surface area (Å²) in [7, 11) is 0. The van der Waals surface area contributed by atoms with Gasteiger partial charge < -0.3 is 10.2 Å². The third-order valence-electron chi connectivity index (χ3n) is 2.78. The number of hydrogen-bond acceptors (Lipinski definition) is 2. The summed E-state index contributed by atoms with van der Waals surface area (Å²) in [6.45, 7) is 1.65. The van der Waals surface area contributed by atoms with Gasteiger partial charge in [0.2, 0.25) is 0 Å². The van der Waals surface area contributed by atoms with Crippen molar-refractivity contribution in [3.8, 4) is 11.1 Å². The van der Waals surface area contributed by atoms with Gasteiger partial charge in [0.1, 0.15) is 0 Å². The lowest BCUT2D eigenvalue weighted by Gasteiger charge is -2.15. The fraction of sp³-hybridized carbons (Fsp3) is 0.200. The van der Waals surface area contributed by atoms with Crippen LogP contribution in [-0.4, -0.2) is 10.2 Å². The zero-order valence-electron chi connectivity index (χ0n) is 9.72. The highest BCUT2D eigenvalue weighted by molar-refractivity contribution is 5.71. The molecular weight excluding hydrogens is 212 g/mol. The van der Waals surface area contributed by atoms with E-state index < -0.39 is 6.10 Å². The van der Waals surface area contributed by atoms with E-state index >= 15 is 0 Å². The van der Waals surface area contributed by atoms with Crippen molar-refractivity contribution in [1.29, 1.82) is 0 Å². The minimum Gasteiger partial charge on any atom is -0.392 e. The van der Waals surface area contributed by atoms with E-state index in [0.717, 1.165) is 22.3 Å². The Morgan fingerprint density at radius 3 is 2.47 bits per heavy atom. The summed E-state index contributed by atoms with van der Waals surface area (Å²) in [5.74, 6) is 0. The number of hydrogen-bond donors (Lipinski definition) is 2. The van der Waals surface area contributed by atoms with Crippen molar-refractivity contribution >= 4 is 0 Å². The van der Waals surface area contributed by atoms with Gasteiger partial charge in [-0.1, -0.05) is 42.5 Å². The highest BCUT2D eigenvalue weighted by atomic mass is 16.3. The van der Waals surface area contributed by atoms with E-state index in [-0.39, 0.29) is 6.61 Å².